The number of benzene rings is 2. The highest BCUT2D eigenvalue weighted by Crippen LogP contribution is 2.48. The van der Waals surface area contributed by atoms with Crippen LogP contribution in [-0.4, -0.2) is 27.3 Å². The molecular weight excluding hydrogens is 286 g/mol. The molecule has 1 aliphatic heterocycles. The standard InChI is InChI=1S/C20H23NO2/c1-22-19-9-14-8-15(13-6-4-3-5-7-13)17-11-21-12-18(17)16(14)10-20(19)23-2/h3-7,9-10,15,17-18,21H,8,11-12H2,1-2H3. The molecule has 3 unspecified atom stereocenters. The SMILES string of the molecule is COc1cc2c(cc1OC)C1CNCC1C(c1ccccc1)C2. The molecule has 3 heteroatoms. The van der Waals surface area contributed by atoms with Gasteiger partial charge in [-0.2, -0.15) is 0 Å². The van der Waals surface area contributed by atoms with Crippen molar-refractivity contribution in [2.24, 2.45) is 5.92 Å². The number of nitrogens with one attached hydrogen (secondary N) is 1. The van der Waals surface area contributed by atoms with Crippen LogP contribution in [0.2, 0.25) is 0 Å². The molecule has 0 saturated carbocycles. The van der Waals surface area contributed by atoms with Crippen molar-refractivity contribution in [2.75, 3.05) is 27.3 Å². The number of hydrogen-bond donors (Lipinski definition) is 1. The second kappa shape index (κ2) is 5.89. The van der Waals surface area contributed by atoms with Gasteiger partial charge >= 0.3 is 0 Å². The van der Waals surface area contributed by atoms with Gasteiger partial charge in [-0.15, -0.1) is 0 Å². The second-order valence-corrected chi connectivity index (χ2v) is 6.56. The normalized spacial score (nSPS) is 25.6. The smallest absolute Gasteiger partial charge is 0.161 e. The summed E-state index contributed by atoms with van der Waals surface area (Å²) < 4.78 is 11.0. The molecule has 2 aromatic rings. The maximum atomic E-state index is 5.52. The van der Waals surface area contributed by atoms with Crippen molar-refractivity contribution < 1.29 is 9.47 Å². The molecule has 1 fully saturated rings. The van der Waals surface area contributed by atoms with Crippen molar-refractivity contribution in [3.63, 3.8) is 0 Å². The topological polar surface area (TPSA) is 30.5 Å². The molecule has 0 spiro atoms. The molecule has 2 aliphatic rings. The molecule has 0 radical (unpaired) electrons. The summed E-state index contributed by atoms with van der Waals surface area (Å²) in [7, 11) is 3.42. The highest BCUT2D eigenvalue weighted by Gasteiger charge is 2.40. The first-order valence-electron chi connectivity index (χ1n) is 8.32. The van der Waals surface area contributed by atoms with Crippen LogP contribution in [0.3, 0.4) is 0 Å². The fourth-order valence-corrected chi connectivity index (χ4v) is 4.37. The Labute approximate surface area is 137 Å². The van der Waals surface area contributed by atoms with E-state index in [1.807, 2.05) is 0 Å². The number of rotatable bonds is 3. The first-order valence-corrected chi connectivity index (χ1v) is 8.32. The lowest BCUT2D eigenvalue weighted by Crippen LogP contribution is -2.27. The van der Waals surface area contributed by atoms with E-state index in [4.69, 9.17) is 9.47 Å². The Kier molecular flexibility index (Phi) is 3.74. The summed E-state index contributed by atoms with van der Waals surface area (Å²) in [5.41, 5.74) is 4.29. The van der Waals surface area contributed by atoms with E-state index in [1.54, 1.807) is 14.2 Å². The number of methoxy groups -OCH3 is 2. The van der Waals surface area contributed by atoms with Gasteiger partial charge < -0.3 is 14.8 Å². The van der Waals surface area contributed by atoms with E-state index in [0.717, 1.165) is 31.0 Å². The van der Waals surface area contributed by atoms with Crippen LogP contribution in [0.4, 0.5) is 0 Å². The van der Waals surface area contributed by atoms with Crippen LogP contribution >= 0.6 is 0 Å². The first kappa shape index (κ1) is 14.6. The Hall–Kier alpha value is -2.00. The third-order valence-electron chi connectivity index (χ3n) is 5.49. The third-order valence-corrected chi connectivity index (χ3v) is 5.49. The summed E-state index contributed by atoms with van der Waals surface area (Å²) in [4.78, 5) is 0. The Morgan fingerprint density at radius 2 is 1.65 bits per heavy atom. The van der Waals surface area contributed by atoms with E-state index in [0.29, 0.717) is 17.8 Å². The molecule has 3 nitrogen and oxygen atoms in total. The number of fused-ring (bicyclic) bond motifs is 3. The summed E-state index contributed by atoms with van der Waals surface area (Å²) in [6.45, 7) is 2.15. The van der Waals surface area contributed by atoms with Crippen LogP contribution in [0.15, 0.2) is 42.5 Å². The fourth-order valence-electron chi connectivity index (χ4n) is 4.37. The molecule has 3 atom stereocenters. The summed E-state index contributed by atoms with van der Waals surface area (Å²) >= 11 is 0. The summed E-state index contributed by atoms with van der Waals surface area (Å²) in [6, 6.07) is 15.3. The predicted octanol–water partition coefficient (Wildman–Crippen LogP) is 3.35. The van der Waals surface area contributed by atoms with Crippen molar-refractivity contribution in [1.29, 1.82) is 0 Å². The van der Waals surface area contributed by atoms with Gasteiger partial charge in [0.1, 0.15) is 0 Å². The minimum Gasteiger partial charge on any atom is -0.493 e. The molecule has 1 heterocycles. The van der Waals surface area contributed by atoms with Crippen LogP contribution in [0.5, 0.6) is 11.5 Å². The molecule has 1 N–H and O–H groups in total. The van der Waals surface area contributed by atoms with Crippen LogP contribution in [0.1, 0.15) is 28.5 Å². The van der Waals surface area contributed by atoms with Gasteiger partial charge in [-0.05, 0) is 53.6 Å². The van der Waals surface area contributed by atoms with Crippen molar-refractivity contribution in [3.8, 4) is 11.5 Å². The molecule has 120 valence electrons. The molecular formula is C20H23NO2. The Bertz CT molecular complexity index is 698. The lowest BCUT2D eigenvalue weighted by molar-refractivity contribution is 0.347. The minimum absolute atomic E-state index is 0.559. The predicted molar refractivity (Wildman–Crippen MR) is 91.5 cm³/mol. The van der Waals surface area contributed by atoms with Crippen molar-refractivity contribution in [2.45, 2.75) is 18.3 Å². The Morgan fingerprint density at radius 1 is 0.913 bits per heavy atom. The lowest BCUT2D eigenvalue weighted by atomic mass is 9.68. The van der Waals surface area contributed by atoms with Gasteiger partial charge in [-0.25, -0.2) is 0 Å². The molecule has 0 aromatic heterocycles. The van der Waals surface area contributed by atoms with Crippen molar-refractivity contribution >= 4 is 0 Å². The van der Waals surface area contributed by atoms with Crippen LogP contribution in [0.25, 0.3) is 0 Å². The molecule has 1 saturated heterocycles. The van der Waals surface area contributed by atoms with Crippen LogP contribution in [0, 0.1) is 5.92 Å². The van der Waals surface area contributed by atoms with Crippen molar-refractivity contribution in [1.82, 2.24) is 5.32 Å². The van der Waals surface area contributed by atoms with Gasteiger partial charge in [0.2, 0.25) is 0 Å². The molecule has 4 rings (SSSR count). The molecule has 1 aliphatic carbocycles. The molecule has 0 bridgehead atoms. The number of hydrogen-bond acceptors (Lipinski definition) is 3. The molecule has 23 heavy (non-hydrogen) atoms. The summed E-state index contributed by atoms with van der Waals surface area (Å²) in [6.07, 6.45) is 1.07. The molecule has 2 aromatic carbocycles. The average Bonchev–Trinajstić information content (AvgIpc) is 3.10. The largest absolute Gasteiger partial charge is 0.493 e. The van der Waals surface area contributed by atoms with E-state index in [2.05, 4.69) is 47.8 Å². The van der Waals surface area contributed by atoms with Gasteiger partial charge in [0.15, 0.2) is 11.5 Å². The first-order chi connectivity index (χ1) is 11.3. The van der Waals surface area contributed by atoms with E-state index in [9.17, 15) is 0 Å². The summed E-state index contributed by atoms with van der Waals surface area (Å²) in [5, 5.41) is 3.60. The van der Waals surface area contributed by atoms with E-state index < -0.39 is 0 Å². The second-order valence-electron chi connectivity index (χ2n) is 6.56. The van der Waals surface area contributed by atoms with Gasteiger partial charge in [0, 0.05) is 12.5 Å². The average molecular weight is 309 g/mol. The number of ether oxygens (including phenoxy) is 2. The zero-order valence-corrected chi connectivity index (χ0v) is 13.7. The van der Waals surface area contributed by atoms with E-state index >= 15 is 0 Å². The lowest BCUT2D eigenvalue weighted by Gasteiger charge is -2.36. The van der Waals surface area contributed by atoms with E-state index in [1.165, 1.54) is 16.7 Å². The van der Waals surface area contributed by atoms with E-state index in [-0.39, 0.29) is 0 Å². The zero-order chi connectivity index (χ0) is 15.8. The third kappa shape index (κ3) is 2.40. The van der Waals surface area contributed by atoms with Crippen LogP contribution in [-0.2, 0) is 6.42 Å². The monoisotopic (exact) mass is 309 g/mol. The highest BCUT2D eigenvalue weighted by molar-refractivity contribution is 5.51. The van der Waals surface area contributed by atoms with Gasteiger partial charge in [0.05, 0.1) is 14.2 Å². The van der Waals surface area contributed by atoms with Gasteiger partial charge in [-0.1, -0.05) is 30.3 Å². The Morgan fingerprint density at radius 3 is 2.39 bits per heavy atom. The highest BCUT2D eigenvalue weighted by atomic mass is 16.5. The van der Waals surface area contributed by atoms with Gasteiger partial charge in [-0.3, -0.25) is 0 Å². The maximum absolute atomic E-state index is 5.52. The Balaban J connectivity index is 1.80. The van der Waals surface area contributed by atoms with Crippen LogP contribution < -0.4 is 14.8 Å². The molecule has 0 amide bonds. The summed E-state index contributed by atoms with van der Waals surface area (Å²) in [5.74, 6) is 3.46. The quantitative estimate of drug-likeness (QED) is 0.943. The fraction of sp³-hybridized carbons (Fsp3) is 0.400. The van der Waals surface area contributed by atoms with Crippen molar-refractivity contribution in [3.05, 3.63) is 59.2 Å². The maximum Gasteiger partial charge on any atom is 0.161 e. The van der Waals surface area contributed by atoms with Gasteiger partial charge in [0.25, 0.3) is 0 Å². The minimum atomic E-state index is 0.559. The zero-order valence-electron chi connectivity index (χ0n) is 13.7.